The van der Waals surface area contributed by atoms with Gasteiger partial charge in [-0.05, 0) is 26.7 Å². The maximum Gasteiger partial charge on any atom is 0.137 e. The molecule has 1 aromatic heterocycles. The lowest BCUT2D eigenvalue weighted by atomic mass is 9.64. The topological polar surface area (TPSA) is 52.0 Å². The molecular formula is C10H16N2O. The van der Waals surface area contributed by atoms with Gasteiger partial charge in [0.05, 0.1) is 5.69 Å². The summed E-state index contributed by atoms with van der Waals surface area (Å²) >= 11 is 0. The Morgan fingerprint density at radius 3 is 2.46 bits per heavy atom. The molecule has 0 amide bonds. The molecule has 0 spiro atoms. The molecule has 0 aliphatic heterocycles. The van der Waals surface area contributed by atoms with E-state index in [0.29, 0.717) is 0 Å². The molecule has 1 saturated carbocycles. The number of aromatic nitrogens is 1. The molecule has 0 unspecified atom stereocenters. The SMILES string of the molecule is Cc1noc(C)c1C1(CN)CCC1. The fourth-order valence-electron chi connectivity index (χ4n) is 2.40. The summed E-state index contributed by atoms with van der Waals surface area (Å²) in [6.45, 7) is 4.70. The van der Waals surface area contributed by atoms with Gasteiger partial charge in [0, 0.05) is 17.5 Å². The third-order valence-electron chi connectivity index (χ3n) is 3.27. The summed E-state index contributed by atoms with van der Waals surface area (Å²) in [5.74, 6) is 0.947. The van der Waals surface area contributed by atoms with E-state index in [1.165, 1.54) is 24.8 Å². The fraction of sp³-hybridized carbons (Fsp3) is 0.700. The molecule has 1 fully saturated rings. The van der Waals surface area contributed by atoms with E-state index in [2.05, 4.69) is 5.16 Å². The fourth-order valence-corrected chi connectivity index (χ4v) is 2.40. The van der Waals surface area contributed by atoms with Crippen molar-refractivity contribution in [3.05, 3.63) is 17.0 Å². The van der Waals surface area contributed by atoms with Crippen LogP contribution in [0.25, 0.3) is 0 Å². The normalized spacial score (nSPS) is 19.9. The summed E-state index contributed by atoms with van der Waals surface area (Å²) in [5, 5.41) is 3.98. The number of nitrogens with zero attached hydrogens (tertiary/aromatic N) is 1. The van der Waals surface area contributed by atoms with Crippen molar-refractivity contribution >= 4 is 0 Å². The average molecular weight is 180 g/mol. The van der Waals surface area contributed by atoms with Gasteiger partial charge in [0.15, 0.2) is 0 Å². The molecule has 0 aromatic carbocycles. The second-order valence-corrected chi connectivity index (χ2v) is 4.04. The second kappa shape index (κ2) is 2.84. The van der Waals surface area contributed by atoms with E-state index in [1.807, 2.05) is 13.8 Å². The zero-order valence-corrected chi connectivity index (χ0v) is 8.26. The first-order valence-electron chi connectivity index (χ1n) is 4.83. The lowest BCUT2D eigenvalue weighted by Gasteiger charge is -2.41. The Bertz CT molecular complexity index is 288. The van der Waals surface area contributed by atoms with Crippen molar-refractivity contribution in [2.75, 3.05) is 6.54 Å². The Balaban J connectivity index is 2.43. The Hall–Kier alpha value is -0.830. The predicted molar refractivity (Wildman–Crippen MR) is 50.6 cm³/mol. The van der Waals surface area contributed by atoms with Gasteiger partial charge >= 0.3 is 0 Å². The minimum absolute atomic E-state index is 0.189. The van der Waals surface area contributed by atoms with Crippen LogP contribution in [0.4, 0.5) is 0 Å². The first-order valence-corrected chi connectivity index (χ1v) is 4.83. The van der Waals surface area contributed by atoms with Crippen LogP contribution in [-0.4, -0.2) is 11.7 Å². The highest BCUT2D eigenvalue weighted by Crippen LogP contribution is 2.45. The first kappa shape index (κ1) is 8.75. The molecule has 0 atom stereocenters. The standard InChI is InChI=1S/C10H16N2O/c1-7-9(8(2)13-12-7)10(6-11)4-3-5-10/h3-6,11H2,1-2H3. The molecule has 0 bridgehead atoms. The molecule has 3 heteroatoms. The smallest absolute Gasteiger partial charge is 0.137 e. The molecule has 13 heavy (non-hydrogen) atoms. The van der Waals surface area contributed by atoms with Gasteiger partial charge in [-0.3, -0.25) is 0 Å². The Morgan fingerprint density at radius 2 is 2.15 bits per heavy atom. The molecule has 3 nitrogen and oxygen atoms in total. The Kier molecular flexibility index (Phi) is 1.91. The van der Waals surface area contributed by atoms with Gasteiger partial charge in [0.2, 0.25) is 0 Å². The Morgan fingerprint density at radius 1 is 1.46 bits per heavy atom. The van der Waals surface area contributed by atoms with Crippen LogP contribution >= 0.6 is 0 Å². The van der Waals surface area contributed by atoms with Crippen LogP contribution in [0.5, 0.6) is 0 Å². The van der Waals surface area contributed by atoms with Crippen molar-refractivity contribution in [1.82, 2.24) is 5.16 Å². The third kappa shape index (κ3) is 1.10. The third-order valence-corrected chi connectivity index (χ3v) is 3.27. The molecule has 0 radical (unpaired) electrons. The van der Waals surface area contributed by atoms with Crippen LogP contribution in [0, 0.1) is 13.8 Å². The first-order chi connectivity index (χ1) is 6.19. The van der Waals surface area contributed by atoms with E-state index in [-0.39, 0.29) is 5.41 Å². The van der Waals surface area contributed by atoms with Crippen molar-refractivity contribution in [1.29, 1.82) is 0 Å². The number of hydrogen-bond donors (Lipinski definition) is 1. The highest BCUT2D eigenvalue weighted by molar-refractivity contribution is 5.33. The van der Waals surface area contributed by atoms with E-state index in [4.69, 9.17) is 10.3 Å². The maximum absolute atomic E-state index is 5.83. The van der Waals surface area contributed by atoms with Crippen LogP contribution in [-0.2, 0) is 5.41 Å². The van der Waals surface area contributed by atoms with Gasteiger partial charge in [0.25, 0.3) is 0 Å². The van der Waals surface area contributed by atoms with E-state index < -0.39 is 0 Å². The minimum Gasteiger partial charge on any atom is -0.361 e. The molecule has 1 heterocycles. The number of hydrogen-bond acceptors (Lipinski definition) is 3. The lowest BCUT2D eigenvalue weighted by molar-refractivity contribution is 0.248. The van der Waals surface area contributed by atoms with Gasteiger partial charge < -0.3 is 10.3 Å². The molecule has 72 valence electrons. The van der Waals surface area contributed by atoms with Gasteiger partial charge in [-0.25, -0.2) is 0 Å². The molecule has 1 aliphatic rings. The van der Waals surface area contributed by atoms with Gasteiger partial charge in [-0.15, -0.1) is 0 Å². The van der Waals surface area contributed by atoms with E-state index in [1.54, 1.807) is 0 Å². The molecule has 0 saturated heterocycles. The maximum atomic E-state index is 5.83. The average Bonchev–Trinajstić information content (AvgIpc) is 2.35. The molecule has 2 rings (SSSR count). The van der Waals surface area contributed by atoms with Crippen LogP contribution in [0.3, 0.4) is 0 Å². The van der Waals surface area contributed by atoms with Crippen molar-refractivity contribution in [3.8, 4) is 0 Å². The number of rotatable bonds is 2. The zero-order valence-electron chi connectivity index (χ0n) is 8.26. The van der Waals surface area contributed by atoms with Crippen LogP contribution < -0.4 is 5.73 Å². The number of aryl methyl sites for hydroxylation is 2. The van der Waals surface area contributed by atoms with E-state index in [0.717, 1.165) is 18.0 Å². The number of nitrogens with two attached hydrogens (primary N) is 1. The highest BCUT2D eigenvalue weighted by atomic mass is 16.5. The highest BCUT2D eigenvalue weighted by Gasteiger charge is 2.41. The summed E-state index contributed by atoms with van der Waals surface area (Å²) in [6.07, 6.45) is 3.65. The summed E-state index contributed by atoms with van der Waals surface area (Å²) < 4.78 is 5.17. The summed E-state index contributed by atoms with van der Waals surface area (Å²) in [7, 11) is 0. The quantitative estimate of drug-likeness (QED) is 0.753. The molecule has 1 aromatic rings. The predicted octanol–water partition coefficient (Wildman–Crippen LogP) is 1.67. The summed E-state index contributed by atoms with van der Waals surface area (Å²) in [4.78, 5) is 0. The van der Waals surface area contributed by atoms with Crippen LogP contribution in [0.1, 0.15) is 36.3 Å². The van der Waals surface area contributed by atoms with Gasteiger partial charge in [0.1, 0.15) is 5.76 Å². The van der Waals surface area contributed by atoms with E-state index in [9.17, 15) is 0 Å². The van der Waals surface area contributed by atoms with Gasteiger partial charge in [-0.1, -0.05) is 11.6 Å². The second-order valence-electron chi connectivity index (χ2n) is 4.04. The van der Waals surface area contributed by atoms with Crippen molar-refractivity contribution < 1.29 is 4.52 Å². The largest absolute Gasteiger partial charge is 0.361 e. The van der Waals surface area contributed by atoms with Crippen molar-refractivity contribution in [2.45, 2.75) is 38.5 Å². The van der Waals surface area contributed by atoms with Crippen molar-refractivity contribution in [3.63, 3.8) is 0 Å². The van der Waals surface area contributed by atoms with Gasteiger partial charge in [-0.2, -0.15) is 0 Å². The molecular weight excluding hydrogens is 164 g/mol. The minimum atomic E-state index is 0.189. The summed E-state index contributed by atoms with van der Waals surface area (Å²) in [6, 6.07) is 0. The Labute approximate surface area is 78.3 Å². The summed E-state index contributed by atoms with van der Waals surface area (Å²) in [5.41, 5.74) is 8.30. The van der Waals surface area contributed by atoms with E-state index >= 15 is 0 Å². The van der Waals surface area contributed by atoms with Crippen molar-refractivity contribution in [2.24, 2.45) is 5.73 Å². The zero-order chi connectivity index (χ0) is 9.47. The van der Waals surface area contributed by atoms with Crippen LogP contribution in [0.15, 0.2) is 4.52 Å². The monoisotopic (exact) mass is 180 g/mol. The lowest BCUT2D eigenvalue weighted by Crippen LogP contribution is -2.42. The van der Waals surface area contributed by atoms with Crippen LogP contribution in [0.2, 0.25) is 0 Å². The molecule has 1 aliphatic carbocycles. The molecule has 2 N–H and O–H groups in total.